The molecule has 0 saturated heterocycles. The first-order valence-corrected chi connectivity index (χ1v) is 5.99. The number of ether oxygens (including phenoxy) is 1. The van der Waals surface area contributed by atoms with Crippen LogP contribution in [0.1, 0.15) is 6.92 Å². The molecule has 1 aromatic carbocycles. The zero-order valence-electron chi connectivity index (χ0n) is 9.26. The molecule has 88 valence electrons. The van der Waals surface area contributed by atoms with E-state index in [4.69, 9.17) is 4.74 Å². The van der Waals surface area contributed by atoms with Gasteiger partial charge in [-0.05, 0) is 25.1 Å². The highest BCUT2D eigenvalue weighted by Crippen LogP contribution is 2.20. The third-order valence-electron chi connectivity index (χ3n) is 2.23. The smallest absolute Gasteiger partial charge is 0.313 e. The minimum Gasteiger partial charge on any atom is -0.435 e. The van der Waals surface area contributed by atoms with Gasteiger partial charge in [0, 0.05) is 23.4 Å². The number of benzene rings is 1. The molecule has 2 rings (SSSR count). The molecule has 0 fully saturated rings. The molecule has 0 saturated carbocycles. The first-order valence-electron chi connectivity index (χ1n) is 5.19. The van der Waals surface area contributed by atoms with Crippen molar-refractivity contribution in [1.29, 1.82) is 0 Å². The van der Waals surface area contributed by atoms with E-state index in [1.54, 1.807) is 29.1 Å². The van der Waals surface area contributed by atoms with E-state index in [0.717, 1.165) is 4.47 Å². The van der Waals surface area contributed by atoms with Crippen LogP contribution in [0, 0.1) is 0 Å². The zero-order chi connectivity index (χ0) is 12.3. The van der Waals surface area contributed by atoms with Crippen molar-refractivity contribution in [1.82, 2.24) is 9.55 Å². The number of rotatable bonds is 3. The molecule has 0 amide bonds. The fraction of sp³-hybridized carbons (Fsp3) is 0.167. The average Bonchev–Trinajstić information content (AvgIpc) is 2.32. The lowest BCUT2D eigenvalue weighted by Crippen LogP contribution is -2.20. The van der Waals surface area contributed by atoms with Gasteiger partial charge >= 0.3 is 5.56 Å². The van der Waals surface area contributed by atoms with Crippen molar-refractivity contribution >= 4 is 15.9 Å². The molecule has 0 bridgehead atoms. The SMILES string of the molecule is CCn1ccnc(Oc2cccc(Br)c2)c1=O. The molecule has 1 heterocycles. The monoisotopic (exact) mass is 294 g/mol. The van der Waals surface area contributed by atoms with E-state index in [2.05, 4.69) is 20.9 Å². The molecule has 4 nitrogen and oxygen atoms in total. The molecule has 2 aromatic rings. The second-order valence-corrected chi connectivity index (χ2v) is 4.30. The number of hydrogen-bond acceptors (Lipinski definition) is 3. The minimum absolute atomic E-state index is 0.0902. The predicted octanol–water partition coefficient (Wildman–Crippen LogP) is 2.82. The van der Waals surface area contributed by atoms with Crippen LogP contribution in [-0.4, -0.2) is 9.55 Å². The number of nitrogens with zero attached hydrogens (tertiary/aromatic N) is 2. The Kier molecular flexibility index (Phi) is 3.58. The van der Waals surface area contributed by atoms with Gasteiger partial charge in [0.25, 0.3) is 5.88 Å². The third kappa shape index (κ3) is 2.74. The highest BCUT2D eigenvalue weighted by atomic mass is 79.9. The van der Waals surface area contributed by atoms with Crippen molar-refractivity contribution in [2.75, 3.05) is 0 Å². The van der Waals surface area contributed by atoms with Crippen molar-refractivity contribution in [3.8, 4) is 11.6 Å². The molecule has 0 N–H and O–H groups in total. The molecule has 0 unspecified atom stereocenters. The summed E-state index contributed by atoms with van der Waals surface area (Å²) in [6, 6.07) is 7.27. The first kappa shape index (κ1) is 11.9. The van der Waals surface area contributed by atoms with Gasteiger partial charge in [-0.25, -0.2) is 4.98 Å². The Morgan fingerprint density at radius 2 is 2.29 bits per heavy atom. The Labute approximate surface area is 107 Å². The van der Waals surface area contributed by atoms with Crippen molar-refractivity contribution in [3.63, 3.8) is 0 Å². The van der Waals surface area contributed by atoms with E-state index in [1.807, 2.05) is 19.1 Å². The molecule has 0 spiro atoms. The maximum absolute atomic E-state index is 11.9. The Hall–Kier alpha value is -1.62. The van der Waals surface area contributed by atoms with E-state index in [0.29, 0.717) is 12.3 Å². The highest BCUT2D eigenvalue weighted by molar-refractivity contribution is 9.10. The molecule has 5 heteroatoms. The Morgan fingerprint density at radius 3 is 3.00 bits per heavy atom. The molecule has 0 aliphatic carbocycles. The largest absolute Gasteiger partial charge is 0.435 e. The van der Waals surface area contributed by atoms with E-state index in [9.17, 15) is 4.79 Å². The highest BCUT2D eigenvalue weighted by Gasteiger charge is 2.06. The van der Waals surface area contributed by atoms with Gasteiger partial charge in [-0.1, -0.05) is 22.0 Å². The standard InChI is InChI=1S/C12H11BrN2O2/c1-2-15-7-6-14-11(12(15)16)17-10-5-3-4-9(13)8-10/h3-8H,2H2,1H3. The van der Waals surface area contributed by atoms with Gasteiger partial charge in [0.05, 0.1) is 0 Å². The van der Waals surface area contributed by atoms with Gasteiger partial charge in [-0.2, -0.15) is 0 Å². The van der Waals surface area contributed by atoms with Crippen LogP contribution in [0.4, 0.5) is 0 Å². The van der Waals surface area contributed by atoms with Gasteiger partial charge in [0.2, 0.25) is 0 Å². The molecule has 0 atom stereocenters. The van der Waals surface area contributed by atoms with Crippen LogP contribution in [0.25, 0.3) is 0 Å². The van der Waals surface area contributed by atoms with E-state index < -0.39 is 0 Å². The van der Waals surface area contributed by atoms with Gasteiger partial charge in [-0.3, -0.25) is 4.79 Å². The van der Waals surface area contributed by atoms with E-state index >= 15 is 0 Å². The summed E-state index contributed by atoms with van der Waals surface area (Å²) < 4.78 is 7.89. The summed E-state index contributed by atoms with van der Waals surface area (Å²) in [5, 5.41) is 0. The summed E-state index contributed by atoms with van der Waals surface area (Å²) in [6.45, 7) is 2.49. The van der Waals surface area contributed by atoms with E-state index in [1.165, 1.54) is 0 Å². The summed E-state index contributed by atoms with van der Waals surface area (Å²) in [6.07, 6.45) is 3.19. The molecule has 1 aromatic heterocycles. The Morgan fingerprint density at radius 1 is 1.47 bits per heavy atom. The first-order chi connectivity index (χ1) is 8.20. The molecular weight excluding hydrogens is 284 g/mol. The summed E-state index contributed by atoms with van der Waals surface area (Å²) in [5.41, 5.74) is -0.227. The van der Waals surface area contributed by atoms with Crippen LogP contribution >= 0.6 is 15.9 Å². The number of aromatic nitrogens is 2. The van der Waals surface area contributed by atoms with Crippen molar-refractivity contribution in [2.24, 2.45) is 0 Å². The quantitative estimate of drug-likeness (QED) is 0.874. The fourth-order valence-corrected chi connectivity index (χ4v) is 1.77. The molecule has 0 aliphatic heterocycles. The van der Waals surface area contributed by atoms with E-state index in [-0.39, 0.29) is 11.4 Å². The lowest BCUT2D eigenvalue weighted by atomic mass is 10.3. The van der Waals surface area contributed by atoms with Crippen molar-refractivity contribution in [3.05, 3.63) is 51.5 Å². The summed E-state index contributed by atoms with van der Waals surface area (Å²) in [7, 11) is 0. The average molecular weight is 295 g/mol. The molecule has 0 radical (unpaired) electrons. The minimum atomic E-state index is -0.227. The molecule has 17 heavy (non-hydrogen) atoms. The molecular formula is C12H11BrN2O2. The van der Waals surface area contributed by atoms with Crippen LogP contribution in [-0.2, 0) is 6.54 Å². The zero-order valence-corrected chi connectivity index (χ0v) is 10.8. The second-order valence-electron chi connectivity index (χ2n) is 3.38. The van der Waals surface area contributed by atoms with Crippen LogP contribution < -0.4 is 10.3 Å². The third-order valence-corrected chi connectivity index (χ3v) is 2.73. The van der Waals surface area contributed by atoms with Gasteiger partial charge in [0.15, 0.2) is 0 Å². The van der Waals surface area contributed by atoms with Crippen molar-refractivity contribution < 1.29 is 4.74 Å². The maximum atomic E-state index is 11.9. The van der Waals surface area contributed by atoms with Gasteiger partial charge in [0.1, 0.15) is 5.75 Å². The maximum Gasteiger partial charge on any atom is 0.313 e. The number of aryl methyl sites for hydroxylation is 1. The summed E-state index contributed by atoms with van der Waals surface area (Å²) >= 11 is 3.34. The van der Waals surface area contributed by atoms with Gasteiger partial charge < -0.3 is 9.30 Å². The van der Waals surface area contributed by atoms with Crippen molar-refractivity contribution in [2.45, 2.75) is 13.5 Å². The van der Waals surface area contributed by atoms with Crippen LogP contribution in [0.2, 0.25) is 0 Å². The second kappa shape index (κ2) is 5.14. The van der Waals surface area contributed by atoms with Crippen LogP contribution in [0.5, 0.6) is 11.6 Å². The Bertz CT molecular complexity index is 581. The van der Waals surface area contributed by atoms with Crippen LogP contribution in [0.15, 0.2) is 45.9 Å². The van der Waals surface area contributed by atoms with Gasteiger partial charge in [-0.15, -0.1) is 0 Å². The number of hydrogen-bond donors (Lipinski definition) is 0. The normalized spacial score (nSPS) is 10.2. The van der Waals surface area contributed by atoms with Crippen LogP contribution in [0.3, 0.4) is 0 Å². The topological polar surface area (TPSA) is 44.1 Å². The lowest BCUT2D eigenvalue weighted by Gasteiger charge is -2.06. The summed E-state index contributed by atoms with van der Waals surface area (Å²) in [4.78, 5) is 15.8. The fourth-order valence-electron chi connectivity index (χ4n) is 1.39. The Balaban J connectivity index is 2.34. The lowest BCUT2D eigenvalue weighted by molar-refractivity contribution is 0.445. The predicted molar refractivity (Wildman–Crippen MR) is 68.4 cm³/mol. The summed E-state index contributed by atoms with van der Waals surface area (Å²) in [5.74, 6) is 0.672. The molecule has 0 aliphatic rings. The number of halogens is 1.